The fourth-order valence-corrected chi connectivity index (χ4v) is 3.70. The quantitative estimate of drug-likeness (QED) is 0.177. The zero-order chi connectivity index (χ0) is 22.1. The molecule has 0 aliphatic carbocycles. The van der Waals surface area contributed by atoms with Crippen molar-refractivity contribution in [3.8, 4) is 0 Å². The van der Waals surface area contributed by atoms with E-state index in [-0.39, 0.29) is 0 Å². The maximum Gasteiger partial charge on any atom is 0.0184 e. The third-order valence-corrected chi connectivity index (χ3v) is 5.57. The molecule has 6 nitrogen and oxygen atoms in total. The van der Waals surface area contributed by atoms with Crippen LogP contribution in [0.2, 0.25) is 0 Å². The lowest BCUT2D eigenvalue weighted by molar-refractivity contribution is 0.263. The molecule has 0 bridgehead atoms. The van der Waals surface area contributed by atoms with Crippen molar-refractivity contribution in [1.29, 1.82) is 0 Å². The van der Waals surface area contributed by atoms with E-state index >= 15 is 0 Å². The van der Waals surface area contributed by atoms with Crippen LogP contribution in [0.25, 0.3) is 0 Å². The lowest BCUT2D eigenvalue weighted by atomic mass is 10.1. The van der Waals surface area contributed by atoms with Crippen molar-refractivity contribution in [3.05, 3.63) is 12.3 Å². The number of hydrogen-bond donors (Lipinski definition) is 4. The molecular weight excluding hydrogens is 372 g/mol. The Morgan fingerprint density at radius 2 is 0.833 bits per heavy atom. The summed E-state index contributed by atoms with van der Waals surface area (Å²) in [5.74, 6) is 0. The molecule has 0 atom stereocenters. The van der Waals surface area contributed by atoms with Gasteiger partial charge in [-0.05, 0) is 97.0 Å². The highest BCUT2D eigenvalue weighted by Gasteiger charge is 2.03. The summed E-state index contributed by atoms with van der Waals surface area (Å²) in [6.45, 7) is 8.65. The first kappa shape index (κ1) is 29.3. The molecule has 0 saturated carbocycles. The second-order valence-electron chi connectivity index (χ2n) is 8.45. The molecule has 8 N–H and O–H groups in total. The van der Waals surface area contributed by atoms with Crippen molar-refractivity contribution < 1.29 is 0 Å². The highest BCUT2D eigenvalue weighted by molar-refractivity contribution is 4.82. The van der Waals surface area contributed by atoms with Gasteiger partial charge >= 0.3 is 0 Å². The van der Waals surface area contributed by atoms with Gasteiger partial charge < -0.3 is 32.7 Å². The molecule has 0 radical (unpaired) electrons. The first-order valence-corrected chi connectivity index (χ1v) is 12.7. The SMILES string of the molecule is NCCCN(C=CCCCCCCCCCCN(CCCN)CCCN)CCCN. The largest absolute Gasteiger partial charge is 0.378 e. The lowest BCUT2D eigenvalue weighted by Gasteiger charge is -2.21. The average Bonchev–Trinajstić information content (AvgIpc) is 2.76. The summed E-state index contributed by atoms with van der Waals surface area (Å²) in [6.07, 6.45) is 20.9. The maximum absolute atomic E-state index is 5.65. The number of allylic oxidation sites excluding steroid dienone is 1. The number of unbranched alkanes of at least 4 members (excludes halogenated alkanes) is 8. The molecular formula is C24H54N6. The predicted molar refractivity (Wildman–Crippen MR) is 133 cm³/mol. The first-order chi connectivity index (χ1) is 14.8. The minimum absolute atomic E-state index is 0.758. The van der Waals surface area contributed by atoms with Crippen LogP contribution in [-0.4, -0.2) is 68.7 Å². The van der Waals surface area contributed by atoms with Crippen molar-refractivity contribution in [2.24, 2.45) is 22.9 Å². The molecule has 0 aromatic rings. The van der Waals surface area contributed by atoms with E-state index in [0.717, 1.165) is 78.0 Å². The minimum Gasteiger partial charge on any atom is -0.378 e. The van der Waals surface area contributed by atoms with E-state index in [9.17, 15) is 0 Å². The van der Waals surface area contributed by atoms with E-state index in [0.29, 0.717) is 0 Å². The van der Waals surface area contributed by atoms with Crippen LogP contribution in [0, 0.1) is 0 Å². The van der Waals surface area contributed by atoms with Gasteiger partial charge in [-0.2, -0.15) is 0 Å². The molecule has 0 rings (SSSR count). The monoisotopic (exact) mass is 426 g/mol. The van der Waals surface area contributed by atoms with E-state index in [1.807, 2.05) is 0 Å². The molecule has 180 valence electrons. The highest BCUT2D eigenvalue weighted by atomic mass is 15.1. The molecule has 0 unspecified atom stereocenters. The summed E-state index contributed by atoms with van der Waals surface area (Å²) in [6, 6.07) is 0. The molecule has 0 heterocycles. The van der Waals surface area contributed by atoms with Crippen molar-refractivity contribution in [3.63, 3.8) is 0 Å². The van der Waals surface area contributed by atoms with E-state index in [2.05, 4.69) is 22.1 Å². The lowest BCUT2D eigenvalue weighted by Crippen LogP contribution is -2.29. The molecule has 0 spiro atoms. The van der Waals surface area contributed by atoms with E-state index < -0.39 is 0 Å². The molecule has 0 aromatic carbocycles. The zero-order valence-electron chi connectivity index (χ0n) is 19.9. The molecule has 0 amide bonds. The Balaban J connectivity index is 3.58. The smallest absolute Gasteiger partial charge is 0.0184 e. The second-order valence-corrected chi connectivity index (χ2v) is 8.45. The number of rotatable bonds is 24. The van der Waals surface area contributed by atoms with Crippen LogP contribution in [0.5, 0.6) is 0 Å². The van der Waals surface area contributed by atoms with E-state index in [1.165, 1.54) is 64.3 Å². The molecule has 0 aromatic heterocycles. The van der Waals surface area contributed by atoms with Crippen LogP contribution in [-0.2, 0) is 0 Å². The van der Waals surface area contributed by atoms with Crippen LogP contribution in [0.4, 0.5) is 0 Å². The van der Waals surface area contributed by atoms with Gasteiger partial charge in [0.05, 0.1) is 0 Å². The highest BCUT2D eigenvalue weighted by Crippen LogP contribution is 2.11. The fraction of sp³-hybridized carbons (Fsp3) is 0.917. The standard InChI is InChI=1S/C24H54N6/c25-15-11-21-29(22-12-16-26)19-9-7-5-3-1-2-4-6-8-10-20-30(23-13-17-27)24-14-18-28/h9,19H,1-8,10-18,20-28H2. The van der Waals surface area contributed by atoms with Gasteiger partial charge in [0, 0.05) is 13.1 Å². The normalized spacial score (nSPS) is 11.8. The van der Waals surface area contributed by atoms with Crippen LogP contribution in [0.3, 0.4) is 0 Å². The number of nitrogens with two attached hydrogens (primary N) is 4. The first-order valence-electron chi connectivity index (χ1n) is 12.7. The minimum atomic E-state index is 0.758. The Kier molecular flexibility index (Phi) is 24.1. The van der Waals surface area contributed by atoms with Gasteiger partial charge in [0.2, 0.25) is 0 Å². The molecule has 6 heteroatoms. The van der Waals surface area contributed by atoms with Gasteiger partial charge in [0.25, 0.3) is 0 Å². The Morgan fingerprint density at radius 1 is 0.433 bits per heavy atom. The van der Waals surface area contributed by atoms with Crippen LogP contribution < -0.4 is 22.9 Å². The van der Waals surface area contributed by atoms with Gasteiger partial charge in [-0.1, -0.05) is 44.6 Å². The van der Waals surface area contributed by atoms with Crippen LogP contribution >= 0.6 is 0 Å². The number of nitrogens with zero attached hydrogens (tertiary/aromatic N) is 2. The summed E-state index contributed by atoms with van der Waals surface area (Å²) in [5.41, 5.74) is 22.6. The van der Waals surface area contributed by atoms with Gasteiger partial charge in [-0.25, -0.2) is 0 Å². The van der Waals surface area contributed by atoms with E-state index in [4.69, 9.17) is 22.9 Å². The van der Waals surface area contributed by atoms with Gasteiger partial charge in [0.15, 0.2) is 0 Å². The molecule has 0 aliphatic rings. The zero-order valence-corrected chi connectivity index (χ0v) is 19.9. The summed E-state index contributed by atoms with van der Waals surface area (Å²) in [5, 5.41) is 0. The van der Waals surface area contributed by atoms with Crippen LogP contribution in [0.15, 0.2) is 12.3 Å². The molecule has 30 heavy (non-hydrogen) atoms. The maximum atomic E-state index is 5.65. The van der Waals surface area contributed by atoms with Gasteiger partial charge in [-0.3, -0.25) is 0 Å². The van der Waals surface area contributed by atoms with E-state index in [1.54, 1.807) is 0 Å². The Labute approximate surface area is 187 Å². The summed E-state index contributed by atoms with van der Waals surface area (Å²) >= 11 is 0. The molecule has 0 fully saturated rings. The summed E-state index contributed by atoms with van der Waals surface area (Å²) in [4.78, 5) is 4.91. The molecule has 0 saturated heterocycles. The van der Waals surface area contributed by atoms with Gasteiger partial charge in [-0.15, -0.1) is 0 Å². The molecule has 0 aliphatic heterocycles. The van der Waals surface area contributed by atoms with Crippen LogP contribution in [0.1, 0.15) is 83.5 Å². The fourth-order valence-electron chi connectivity index (χ4n) is 3.70. The second kappa shape index (κ2) is 24.6. The van der Waals surface area contributed by atoms with Crippen molar-refractivity contribution in [1.82, 2.24) is 9.80 Å². The average molecular weight is 427 g/mol. The van der Waals surface area contributed by atoms with Crippen molar-refractivity contribution in [2.75, 3.05) is 58.9 Å². The Morgan fingerprint density at radius 3 is 1.33 bits per heavy atom. The summed E-state index contributed by atoms with van der Waals surface area (Å²) in [7, 11) is 0. The van der Waals surface area contributed by atoms with Gasteiger partial charge in [0.1, 0.15) is 0 Å². The topological polar surface area (TPSA) is 111 Å². The third-order valence-electron chi connectivity index (χ3n) is 5.57. The Hall–Kier alpha value is -0.660. The summed E-state index contributed by atoms with van der Waals surface area (Å²) < 4.78 is 0. The third kappa shape index (κ3) is 20.6. The Bertz CT molecular complexity index is 335. The predicted octanol–water partition coefficient (Wildman–Crippen LogP) is 3.01. The van der Waals surface area contributed by atoms with Crippen molar-refractivity contribution >= 4 is 0 Å². The number of hydrogen-bond acceptors (Lipinski definition) is 6. The van der Waals surface area contributed by atoms with Crippen molar-refractivity contribution in [2.45, 2.75) is 83.5 Å².